The van der Waals surface area contributed by atoms with Gasteiger partial charge < -0.3 is 44.4 Å². The van der Waals surface area contributed by atoms with E-state index in [1.807, 2.05) is 42.3 Å². The van der Waals surface area contributed by atoms with Crippen LogP contribution in [-0.2, 0) is 9.59 Å². The fraction of sp³-hybridized carbons (Fsp3) is 0.875. The third kappa shape index (κ3) is 21.4. The van der Waals surface area contributed by atoms with E-state index in [4.69, 9.17) is 0 Å². The summed E-state index contributed by atoms with van der Waals surface area (Å²) in [6.45, 7) is 2.51. The van der Waals surface area contributed by atoms with Crippen molar-refractivity contribution in [2.45, 2.75) is 25.7 Å². The number of rotatable bonds is 11. The number of quaternary nitrogens is 2. The second kappa shape index (κ2) is 13.7. The first-order valence-corrected chi connectivity index (χ1v) is 8.14. The molecule has 0 bridgehead atoms. The van der Waals surface area contributed by atoms with Crippen LogP contribution in [0.3, 0.4) is 0 Å². The van der Waals surface area contributed by atoms with Crippen LogP contribution in [0.25, 0.3) is 0 Å². The van der Waals surface area contributed by atoms with Gasteiger partial charge in [0.25, 0.3) is 11.8 Å². The highest BCUT2D eigenvalue weighted by molar-refractivity contribution is 5.77. The number of carbonyl (C=O) groups is 2. The molecule has 24 heavy (non-hydrogen) atoms. The Kier molecular flexibility index (Phi) is 16.1. The van der Waals surface area contributed by atoms with Crippen LogP contribution in [0, 0.1) is 0 Å². The SMILES string of the molecule is C[N+](C)(C)CC(=O)NCCCCCCNC(=O)C[N+](C)(C)C.[Cl-].[Cl-]. The summed E-state index contributed by atoms with van der Waals surface area (Å²) in [6, 6.07) is 0. The Morgan fingerprint density at radius 2 is 0.917 bits per heavy atom. The molecular formula is C16H36Cl2N4O2. The third-order valence-electron chi connectivity index (χ3n) is 2.98. The minimum Gasteiger partial charge on any atom is -1.00 e. The molecule has 8 heteroatoms. The molecule has 0 aliphatic carbocycles. The van der Waals surface area contributed by atoms with Crippen LogP contribution >= 0.6 is 0 Å². The Morgan fingerprint density at radius 1 is 0.625 bits per heavy atom. The molecule has 6 nitrogen and oxygen atoms in total. The van der Waals surface area contributed by atoms with Crippen molar-refractivity contribution in [1.82, 2.24) is 10.6 Å². The highest BCUT2D eigenvalue weighted by atomic mass is 35.5. The van der Waals surface area contributed by atoms with Gasteiger partial charge in [-0.05, 0) is 12.8 Å². The van der Waals surface area contributed by atoms with Crippen LogP contribution in [0.4, 0.5) is 0 Å². The molecule has 146 valence electrons. The monoisotopic (exact) mass is 386 g/mol. The van der Waals surface area contributed by atoms with Gasteiger partial charge in [-0.1, -0.05) is 12.8 Å². The van der Waals surface area contributed by atoms with Gasteiger partial charge in [-0.2, -0.15) is 0 Å². The molecule has 0 aromatic heterocycles. The van der Waals surface area contributed by atoms with E-state index in [1.165, 1.54) is 0 Å². The lowest BCUT2D eigenvalue weighted by molar-refractivity contribution is -0.862. The highest BCUT2D eigenvalue weighted by Gasteiger charge is 2.14. The first-order chi connectivity index (χ1) is 9.99. The lowest BCUT2D eigenvalue weighted by atomic mass is 10.2. The fourth-order valence-corrected chi connectivity index (χ4v) is 2.03. The second-order valence-corrected chi connectivity index (χ2v) is 8.01. The maximum atomic E-state index is 11.6. The van der Waals surface area contributed by atoms with Crippen LogP contribution < -0.4 is 35.4 Å². The molecule has 0 fully saturated rings. The summed E-state index contributed by atoms with van der Waals surface area (Å²) >= 11 is 0. The first-order valence-electron chi connectivity index (χ1n) is 8.14. The minimum absolute atomic E-state index is 0. The lowest BCUT2D eigenvalue weighted by Crippen LogP contribution is -3.00. The van der Waals surface area contributed by atoms with Crippen molar-refractivity contribution in [3.63, 3.8) is 0 Å². The molecule has 0 saturated carbocycles. The summed E-state index contributed by atoms with van der Waals surface area (Å²) < 4.78 is 1.30. The van der Waals surface area contributed by atoms with E-state index in [9.17, 15) is 9.59 Å². The van der Waals surface area contributed by atoms with Gasteiger partial charge in [0.2, 0.25) is 0 Å². The summed E-state index contributed by atoms with van der Waals surface area (Å²) in [5, 5.41) is 5.90. The Hall–Kier alpha value is -0.560. The quantitative estimate of drug-likeness (QED) is 0.274. The zero-order valence-corrected chi connectivity index (χ0v) is 17.6. The molecule has 0 rings (SSSR count). The lowest BCUT2D eigenvalue weighted by Gasteiger charge is -2.23. The van der Waals surface area contributed by atoms with Crippen LogP contribution in [0.5, 0.6) is 0 Å². The van der Waals surface area contributed by atoms with Crippen LogP contribution in [0.15, 0.2) is 0 Å². The predicted octanol–water partition coefficient (Wildman–Crippen LogP) is -5.80. The van der Waals surface area contributed by atoms with Crippen molar-refractivity contribution >= 4 is 11.8 Å². The number of hydrogen-bond donors (Lipinski definition) is 2. The van der Waals surface area contributed by atoms with Crippen molar-refractivity contribution in [2.75, 3.05) is 68.5 Å². The molecule has 0 aromatic carbocycles. The van der Waals surface area contributed by atoms with Crippen LogP contribution in [0.2, 0.25) is 0 Å². The average molecular weight is 387 g/mol. The van der Waals surface area contributed by atoms with Crippen molar-refractivity contribution in [2.24, 2.45) is 0 Å². The predicted molar refractivity (Wildman–Crippen MR) is 90.3 cm³/mol. The van der Waals surface area contributed by atoms with Crippen molar-refractivity contribution in [3.05, 3.63) is 0 Å². The smallest absolute Gasteiger partial charge is 0.275 e. The zero-order chi connectivity index (χ0) is 17.2. The van der Waals surface area contributed by atoms with Crippen molar-refractivity contribution < 1.29 is 43.4 Å². The second-order valence-electron chi connectivity index (χ2n) is 8.01. The maximum absolute atomic E-state index is 11.6. The van der Waals surface area contributed by atoms with Gasteiger partial charge in [0, 0.05) is 13.1 Å². The number of likely N-dealkylation sites (N-methyl/N-ethyl adjacent to an activating group) is 2. The molecular weight excluding hydrogens is 351 g/mol. The van der Waals surface area contributed by atoms with Gasteiger partial charge in [-0.3, -0.25) is 9.59 Å². The average Bonchev–Trinajstić information content (AvgIpc) is 2.27. The van der Waals surface area contributed by atoms with Gasteiger partial charge >= 0.3 is 0 Å². The molecule has 2 N–H and O–H groups in total. The van der Waals surface area contributed by atoms with Gasteiger partial charge in [0.1, 0.15) is 0 Å². The van der Waals surface area contributed by atoms with E-state index >= 15 is 0 Å². The topological polar surface area (TPSA) is 58.2 Å². The molecule has 0 radical (unpaired) electrons. The number of unbranched alkanes of at least 4 members (excludes halogenated alkanes) is 3. The Balaban J connectivity index is -0.00000220. The summed E-state index contributed by atoms with van der Waals surface area (Å²) in [4.78, 5) is 23.2. The molecule has 0 heterocycles. The van der Waals surface area contributed by atoms with Gasteiger partial charge in [0.05, 0.1) is 42.3 Å². The number of hydrogen-bond acceptors (Lipinski definition) is 2. The summed E-state index contributed by atoms with van der Waals surface area (Å²) in [7, 11) is 12.0. The molecule has 0 aromatic rings. The first kappa shape index (κ1) is 28.3. The van der Waals surface area contributed by atoms with E-state index in [1.54, 1.807) is 0 Å². The Labute approximate surface area is 160 Å². The minimum atomic E-state index is 0. The zero-order valence-electron chi connectivity index (χ0n) is 16.1. The largest absolute Gasteiger partial charge is 1.00 e. The van der Waals surface area contributed by atoms with Crippen LogP contribution in [-0.4, -0.2) is 89.2 Å². The fourth-order valence-electron chi connectivity index (χ4n) is 2.03. The van der Waals surface area contributed by atoms with E-state index in [0.29, 0.717) is 22.1 Å². The van der Waals surface area contributed by atoms with E-state index in [-0.39, 0.29) is 36.6 Å². The summed E-state index contributed by atoms with van der Waals surface area (Å²) in [5.74, 6) is 0.222. The normalized spacial score (nSPS) is 11.1. The van der Waals surface area contributed by atoms with Gasteiger partial charge in [0.15, 0.2) is 13.1 Å². The van der Waals surface area contributed by atoms with E-state index in [0.717, 1.165) is 38.8 Å². The number of nitrogens with zero attached hydrogens (tertiary/aromatic N) is 2. The highest BCUT2D eigenvalue weighted by Crippen LogP contribution is 1.98. The number of nitrogens with one attached hydrogen (secondary N) is 2. The van der Waals surface area contributed by atoms with Crippen molar-refractivity contribution in [3.8, 4) is 0 Å². The molecule has 0 saturated heterocycles. The van der Waals surface area contributed by atoms with Crippen molar-refractivity contribution in [1.29, 1.82) is 0 Å². The summed E-state index contributed by atoms with van der Waals surface area (Å²) in [5.41, 5.74) is 0. The number of halogens is 2. The third-order valence-corrected chi connectivity index (χ3v) is 2.98. The molecule has 0 aliphatic heterocycles. The van der Waals surface area contributed by atoms with E-state index < -0.39 is 0 Å². The Morgan fingerprint density at radius 3 is 1.17 bits per heavy atom. The molecule has 0 atom stereocenters. The molecule has 0 spiro atoms. The molecule has 0 aliphatic rings. The maximum Gasteiger partial charge on any atom is 0.275 e. The number of amides is 2. The Bertz CT molecular complexity index is 319. The summed E-state index contributed by atoms with van der Waals surface area (Å²) in [6.07, 6.45) is 4.15. The molecule has 2 amide bonds. The van der Waals surface area contributed by atoms with Crippen LogP contribution in [0.1, 0.15) is 25.7 Å². The van der Waals surface area contributed by atoms with E-state index in [2.05, 4.69) is 10.6 Å². The number of carbonyl (C=O) groups excluding carboxylic acids is 2. The van der Waals surface area contributed by atoms with Gasteiger partial charge in [-0.25, -0.2) is 0 Å². The standard InChI is InChI=1S/C16H34N4O2.2ClH/c1-19(2,3)13-15(21)17-11-9-7-8-10-12-18-16(22)14-20(4,5)6;;/h7-14H2,1-6H3;2*1H. The van der Waals surface area contributed by atoms with Gasteiger partial charge in [-0.15, -0.1) is 0 Å². The molecule has 0 unspecified atom stereocenters.